The molecule has 0 amide bonds. The summed E-state index contributed by atoms with van der Waals surface area (Å²) in [6.45, 7) is 1.73. The average Bonchev–Trinajstić information content (AvgIpc) is 2.55. The third-order valence-electron chi connectivity index (χ3n) is 3.39. The van der Waals surface area contributed by atoms with Crippen LogP contribution in [-0.4, -0.2) is 15.0 Å². The fourth-order valence-electron chi connectivity index (χ4n) is 2.25. The zero-order valence-corrected chi connectivity index (χ0v) is 15.1. The van der Waals surface area contributed by atoms with Crippen LogP contribution in [0.2, 0.25) is 0 Å². The van der Waals surface area contributed by atoms with Crippen molar-refractivity contribution in [3.05, 3.63) is 59.7 Å². The van der Waals surface area contributed by atoms with Gasteiger partial charge in [-0.05, 0) is 42.8 Å². The van der Waals surface area contributed by atoms with E-state index in [9.17, 15) is 21.6 Å². The van der Waals surface area contributed by atoms with Crippen molar-refractivity contribution in [1.29, 1.82) is 0 Å². The minimum absolute atomic E-state index is 0.102. The van der Waals surface area contributed by atoms with E-state index in [4.69, 9.17) is 0 Å². The van der Waals surface area contributed by atoms with Crippen LogP contribution >= 0.6 is 15.9 Å². The van der Waals surface area contributed by atoms with Gasteiger partial charge in [0.1, 0.15) is 0 Å². The van der Waals surface area contributed by atoms with Gasteiger partial charge < -0.3 is 0 Å². The van der Waals surface area contributed by atoms with Gasteiger partial charge in [0, 0.05) is 11.9 Å². The molecule has 0 bridgehead atoms. The zero-order chi connectivity index (χ0) is 18.0. The highest BCUT2D eigenvalue weighted by Crippen LogP contribution is 2.32. The summed E-state index contributed by atoms with van der Waals surface area (Å²) in [5.41, 5.74) is 0.283. The fourth-order valence-corrected chi connectivity index (χ4v) is 4.11. The summed E-state index contributed by atoms with van der Waals surface area (Å²) < 4.78 is 65.2. The molecule has 2 aromatic rings. The molecule has 0 aliphatic rings. The molecule has 0 radical (unpaired) electrons. The highest BCUT2D eigenvalue weighted by molar-refractivity contribution is 9.08. The second kappa shape index (κ2) is 7.14. The molecule has 0 aliphatic carbocycles. The van der Waals surface area contributed by atoms with Crippen LogP contribution < -0.4 is 4.31 Å². The molecule has 3 nitrogen and oxygen atoms in total. The second-order valence-corrected chi connectivity index (χ2v) is 7.42. The van der Waals surface area contributed by atoms with E-state index >= 15 is 0 Å². The summed E-state index contributed by atoms with van der Waals surface area (Å²) in [5, 5.41) is 0.544. The lowest BCUT2D eigenvalue weighted by Gasteiger charge is -2.23. The van der Waals surface area contributed by atoms with E-state index in [0.29, 0.717) is 17.1 Å². The van der Waals surface area contributed by atoms with Gasteiger partial charge in [-0.25, -0.2) is 8.42 Å². The van der Waals surface area contributed by atoms with Gasteiger partial charge in [0.2, 0.25) is 0 Å². The van der Waals surface area contributed by atoms with Crippen molar-refractivity contribution in [3.63, 3.8) is 0 Å². The molecule has 8 heteroatoms. The van der Waals surface area contributed by atoms with Gasteiger partial charge in [0.05, 0.1) is 16.1 Å². The summed E-state index contributed by atoms with van der Waals surface area (Å²) in [5.74, 6) is 0. The predicted molar refractivity (Wildman–Crippen MR) is 90.7 cm³/mol. The summed E-state index contributed by atoms with van der Waals surface area (Å²) >= 11 is 3.30. The smallest absolute Gasteiger partial charge is 0.267 e. The lowest BCUT2D eigenvalue weighted by molar-refractivity contribution is -0.137. The first kappa shape index (κ1) is 18.8. The Labute approximate surface area is 147 Å². The van der Waals surface area contributed by atoms with Crippen LogP contribution in [0.5, 0.6) is 0 Å². The molecular weight excluding hydrogens is 407 g/mol. The number of alkyl halides is 4. The van der Waals surface area contributed by atoms with Crippen LogP contribution in [0, 0.1) is 0 Å². The van der Waals surface area contributed by atoms with Gasteiger partial charge in [-0.2, -0.15) is 13.2 Å². The maximum Gasteiger partial charge on any atom is 0.416 e. The number of hydrogen-bond donors (Lipinski definition) is 0. The minimum Gasteiger partial charge on any atom is -0.267 e. The van der Waals surface area contributed by atoms with E-state index in [0.717, 1.165) is 22.0 Å². The van der Waals surface area contributed by atoms with Crippen LogP contribution in [0.3, 0.4) is 0 Å². The molecule has 0 aromatic heterocycles. The first-order valence-corrected chi connectivity index (χ1v) is 9.61. The van der Waals surface area contributed by atoms with Crippen molar-refractivity contribution in [2.45, 2.75) is 23.3 Å². The Morgan fingerprint density at radius 2 is 1.75 bits per heavy atom. The Kier molecular flexibility index (Phi) is 5.59. The number of benzene rings is 2. The zero-order valence-electron chi connectivity index (χ0n) is 12.7. The van der Waals surface area contributed by atoms with Crippen molar-refractivity contribution in [1.82, 2.24) is 0 Å². The number of halogens is 4. The van der Waals surface area contributed by atoms with E-state index in [1.54, 1.807) is 25.1 Å². The molecule has 0 unspecified atom stereocenters. The quantitative estimate of drug-likeness (QED) is 0.649. The highest BCUT2D eigenvalue weighted by atomic mass is 79.9. The number of anilines is 1. The maximum atomic E-state index is 12.8. The van der Waals surface area contributed by atoms with Crippen LogP contribution in [-0.2, 0) is 21.5 Å². The molecule has 2 aromatic carbocycles. The lowest BCUT2D eigenvalue weighted by Crippen LogP contribution is -2.31. The molecule has 0 aliphatic heterocycles. The fraction of sp³-hybridized carbons (Fsp3) is 0.250. The number of nitrogens with zero attached hydrogens (tertiary/aromatic N) is 1. The van der Waals surface area contributed by atoms with Crippen molar-refractivity contribution in [2.24, 2.45) is 0 Å². The SMILES string of the molecule is CCN(c1cccc(CBr)c1)S(=O)(=O)c1cccc(C(F)(F)F)c1. The Hall–Kier alpha value is -1.54. The van der Waals surface area contributed by atoms with Crippen molar-refractivity contribution in [3.8, 4) is 0 Å². The molecule has 2 rings (SSSR count). The first-order valence-electron chi connectivity index (χ1n) is 7.05. The third-order valence-corrected chi connectivity index (χ3v) is 5.94. The van der Waals surface area contributed by atoms with Crippen LogP contribution in [0.4, 0.5) is 18.9 Å². The molecule has 130 valence electrons. The summed E-state index contributed by atoms with van der Waals surface area (Å²) in [7, 11) is -4.09. The van der Waals surface area contributed by atoms with Crippen LogP contribution in [0.15, 0.2) is 53.4 Å². The molecule has 0 saturated heterocycles. The topological polar surface area (TPSA) is 37.4 Å². The molecule has 24 heavy (non-hydrogen) atoms. The largest absolute Gasteiger partial charge is 0.416 e. The molecule has 0 atom stereocenters. The van der Waals surface area contributed by atoms with Gasteiger partial charge in [0.15, 0.2) is 0 Å². The normalized spacial score (nSPS) is 12.2. The van der Waals surface area contributed by atoms with Crippen LogP contribution in [0.1, 0.15) is 18.1 Å². The summed E-state index contributed by atoms with van der Waals surface area (Å²) in [4.78, 5) is -0.386. The third kappa shape index (κ3) is 3.92. The van der Waals surface area contributed by atoms with Crippen molar-refractivity contribution < 1.29 is 21.6 Å². The number of hydrogen-bond acceptors (Lipinski definition) is 2. The predicted octanol–water partition coefficient (Wildman–Crippen LogP) is 4.82. The van der Waals surface area contributed by atoms with E-state index in [-0.39, 0.29) is 11.4 Å². The Bertz CT molecular complexity index is 822. The van der Waals surface area contributed by atoms with E-state index in [2.05, 4.69) is 15.9 Å². The molecular formula is C16H15BrF3NO2S. The Morgan fingerprint density at radius 3 is 2.33 bits per heavy atom. The monoisotopic (exact) mass is 421 g/mol. The molecule has 0 spiro atoms. The molecule has 0 heterocycles. The van der Waals surface area contributed by atoms with Crippen LogP contribution in [0.25, 0.3) is 0 Å². The summed E-state index contributed by atoms with van der Waals surface area (Å²) in [6.07, 6.45) is -4.60. The molecule has 0 saturated carbocycles. The van der Waals surface area contributed by atoms with Gasteiger partial charge >= 0.3 is 6.18 Å². The average molecular weight is 422 g/mol. The number of rotatable bonds is 5. The lowest BCUT2D eigenvalue weighted by atomic mass is 10.2. The highest BCUT2D eigenvalue weighted by Gasteiger charge is 2.32. The van der Waals surface area contributed by atoms with Crippen molar-refractivity contribution >= 4 is 31.6 Å². The first-order chi connectivity index (χ1) is 11.2. The second-order valence-electron chi connectivity index (χ2n) is 5.00. The van der Waals surface area contributed by atoms with E-state index in [1.165, 1.54) is 6.07 Å². The Morgan fingerprint density at radius 1 is 1.08 bits per heavy atom. The number of sulfonamides is 1. The molecule has 0 N–H and O–H groups in total. The van der Waals surface area contributed by atoms with Gasteiger partial charge in [-0.15, -0.1) is 0 Å². The van der Waals surface area contributed by atoms with Gasteiger partial charge in [0.25, 0.3) is 10.0 Å². The molecule has 0 fully saturated rings. The van der Waals surface area contributed by atoms with Gasteiger partial charge in [-0.1, -0.05) is 34.1 Å². The maximum absolute atomic E-state index is 12.8. The summed E-state index contributed by atoms with van der Waals surface area (Å²) in [6, 6.07) is 10.6. The standard InChI is InChI=1S/C16H15BrF3NO2S/c1-2-21(14-7-3-5-12(9-14)11-17)24(22,23)15-8-4-6-13(10-15)16(18,19)20/h3-10H,2,11H2,1H3. The Balaban J connectivity index is 2.51. The van der Waals surface area contributed by atoms with Crippen molar-refractivity contribution in [2.75, 3.05) is 10.8 Å². The van der Waals surface area contributed by atoms with E-state index < -0.39 is 21.8 Å². The van der Waals surface area contributed by atoms with E-state index in [1.807, 2.05) is 6.07 Å². The van der Waals surface area contributed by atoms with Gasteiger partial charge in [-0.3, -0.25) is 4.31 Å². The minimum atomic E-state index is -4.60.